The summed E-state index contributed by atoms with van der Waals surface area (Å²) in [5.41, 5.74) is 1.27. The summed E-state index contributed by atoms with van der Waals surface area (Å²) in [6.45, 7) is 5.65. The number of benzene rings is 1. The van der Waals surface area contributed by atoms with E-state index in [0.717, 1.165) is 37.7 Å². The maximum Gasteiger partial charge on any atom is 0.259 e. The molecule has 2 aromatic rings. The highest BCUT2D eigenvalue weighted by Crippen LogP contribution is 2.36. The third-order valence-corrected chi connectivity index (χ3v) is 5.38. The van der Waals surface area contributed by atoms with Gasteiger partial charge in [-0.15, -0.1) is 0 Å². The minimum absolute atomic E-state index is 0.0784. The van der Waals surface area contributed by atoms with Crippen LogP contribution in [0.1, 0.15) is 59.7 Å². The van der Waals surface area contributed by atoms with Crippen LogP contribution in [0.3, 0.4) is 0 Å². The molecule has 4 rings (SSSR count). The highest BCUT2D eigenvalue weighted by molar-refractivity contribution is 6.10. The Bertz CT molecular complexity index is 876. The molecule has 1 aliphatic carbocycles. The van der Waals surface area contributed by atoms with E-state index in [1.807, 2.05) is 18.2 Å². The van der Waals surface area contributed by atoms with E-state index in [-0.39, 0.29) is 18.4 Å². The van der Waals surface area contributed by atoms with E-state index >= 15 is 0 Å². The molecular formula is C20H22N4O3. The standard InChI is InChI=1S/C20H22N4O3/c1-13-15-8-4-5-9-16(15)18(26)24(13)12-17(25)22-20(10-6-3-7-11-20)19-21-14(2)27-23-19/h4-5,8-9H,1,3,6-7,10-12H2,2H3,(H,22,25). The Balaban J connectivity index is 1.53. The summed E-state index contributed by atoms with van der Waals surface area (Å²) >= 11 is 0. The second-order valence-corrected chi connectivity index (χ2v) is 7.21. The van der Waals surface area contributed by atoms with Gasteiger partial charge in [0.1, 0.15) is 12.1 Å². The van der Waals surface area contributed by atoms with Crippen LogP contribution < -0.4 is 5.32 Å². The number of hydrogen-bond acceptors (Lipinski definition) is 5. The highest BCUT2D eigenvalue weighted by Gasteiger charge is 2.41. The lowest BCUT2D eigenvalue weighted by Gasteiger charge is -2.35. The van der Waals surface area contributed by atoms with E-state index in [1.54, 1.807) is 13.0 Å². The van der Waals surface area contributed by atoms with Crippen molar-refractivity contribution in [3.63, 3.8) is 0 Å². The van der Waals surface area contributed by atoms with E-state index in [9.17, 15) is 9.59 Å². The van der Waals surface area contributed by atoms with E-state index in [2.05, 4.69) is 22.0 Å². The second kappa shape index (κ2) is 6.64. The molecule has 27 heavy (non-hydrogen) atoms. The van der Waals surface area contributed by atoms with Crippen LogP contribution in [0.4, 0.5) is 0 Å². The molecule has 1 fully saturated rings. The average molecular weight is 366 g/mol. The van der Waals surface area contributed by atoms with Crippen molar-refractivity contribution < 1.29 is 14.1 Å². The first-order chi connectivity index (χ1) is 13.0. The molecule has 0 atom stereocenters. The summed E-state index contributed by atoms with van der Waals surface area (Å²) in [5.74, 6) is 0.547. The van der Waals surface area contributed by atoms with Crippen molar-refractivity contribution in [1.29, 1.82) is 0 Å². The van der Waals surface area contributed by atoms with Gasteiger partial charge in [0, 0.05) is 23.7 Å². The van der Waals surface area contributed by atoms with Gasteiger partial charge in [-0.05, 0) is 18.9 Å². The minimum atomic E-state index is -0.635. The first kappa shape index (κ1) is 17.5. The van der Waals surface area contributed by atoms with Crippen LogP contribution in [0.2, 0.25) is 0 Å². The van der Waals surface area contributed by atoms with Gasteiger partial charge in [0.25, 0.3) is 5.91 Å². The van der Waals surface area contributed by atoms with Gasteiger partial charge in [0.2, 0.25) is 11.8 Å². The predicted molar refractivity (Wildman–Crippen MR) is 98.5 cm³/mol. The van der Waals surface area contributed by atoms with Crippen molar-refractivity contribution >= 4 is 17.5 Å². The molecule has 0 saturated heterocycles. The maximum absolute atomic E-state index is 12.9. The molecule has 2 aliphatic rings. The molecule has 2 amide bonds. The maximum atomic E-state index is 12.9. The fourth-order valence-corrected chi connectivity index (χ4v) is 4.01. The number of aromatic nitrogens is 2. The number of nitrogens with zero attached hydrogens (tertiary/aromatic N) is 3. The molecule has 1 aliphatic heterocycles. The van der Waals surface area contributed by atoms with E-state index < -0.39 is 5.54 Å². The van der Waals surface area contributed by atoms with Gasteiger partial charge in [-0.2, -0.15) is 4.98 Å². The number of rotatable bonds is 4. The lowest BCUT2D eigenvalue weighted by molar-refractivity contribution is -0.124. The second-order valence-electron chi connectivity index (χ2n) is 7.21. The van der Waals surface area contributed by atoms with Gasteiger partial charge < -0.3 is 9.84 Å². The molecule has 0 spiro atoms. The predicted octanol–water partition coefficient (Wildman–Crippen LogP) is 2.78. The Morgan fingerprint density at radius 3 is 2.59 bits per heavy atom. The molecule has 1 aromatic heterocycles. The van der Waals surface area contributed by atoms with Crippen molar-refractivity contribution in [3.8, 4) is 0 Å². The Hall–Kier alpha value is -2.96. The number of aryl methyl sites for hydroxylation is 1. The van der Waals surface area contributed by atoms with Crippen molar-refractivity contribution in [2.45, 2.75) is 44.6 Å². The summed E-state index contributed by atoms with van der Waals surface area (Å²) in [5, 5.41) is 7.16. The number of fused-ring (bicyclic) bond motifs is 1. The Morgan fingerprint density at radius 2 is 1.96 bits per heavy atom. The Labute approximate surface area is 157 Å². The highest BCUT2D eigenvalue weighted by atomic mass is 16.5. The molecule has 140 valence electrons. The van der Waals surface area contributed by atoms with E-state index in [1.165, 1.54) is 4.90 Å². The van der Waals surface area contributed by atoms with Crippen molar-refractivity contribution in [2.24, 2.45) is 0 Å². The quantitative estimate of drug-likeness (QED) is 0.899. The largest absolute Gasteiger partial charge is 0.342 e. The molecule has 2 heterocycles. The van der Waals surface area contributed by atoms with Gasteiger partial charge in [0.05, 0.1) is 0 Å². The third-order valence-electron chi connectivity index (χ3n) is 5.38. The molecule has 7 heteroatoms. The zero-order valence-electron chi connectivity index (χ0n) is 15.3. The summed E-state index contributed by atoms with van der Waals surface area (Å²) in [6, 6.07) is 7.27. The molecule has 1 saturated carbocycles. The summed E-state index contributed by atoms with van der Waals surface area (Å²) < 4.78 is 5.14. The van der Waals surface area contributed by atoms with Gasteiger partial charge in [-0.25, -0.2) is 0 Å². The molecule has 1 aromatic carbocycles. The Morgan fingerprint density at radius 1 is 1.26 bits per heavy atom. The number of amides is 2. The van der Waals surface area contributed by atoms with Crippen LogP contribution in [-0.4, -0.2) is 33.4 Å². The van der Waals surface area contributed by atoms with E-state index in [4.69, 9.17) is 4.52 Å². The smallest absolute Gasteiger partial charge is 0.259 e. The number of hydrogen-bond donors (Lipinski definition) is 1. The molecular weight excluding hydrogens is 344 g/mol. The molecule has 0 unspecified atom stereocenters. The number of nitrogens with one attached hydrogen (secondary N) is 1. The van der Waals surface area contributed by atoms with Crippen LogP contribution in [0.25, 0.3) is 5.70 Å². The van der Waals surface area contributed by atoms with Gasteiger partial charge in [-0.3, -0.25) is 14.5 Å². The van der Waals surface area contributed by atoms with Crippen LogP contribution in [-0.2, 0) is 10.3 Å². The van der Waals surface area contributed by atoms with Crippen LogP contribution in [0.5, 0.6) is 0 Å². The monoisotopic (exact) mass is 366 g/mol. The summed E-state index contributed by atoms with van der Waals surface area (Å²) in [6.07, 6.45) is 4.59. The van der Waals surface area contributed by atoms with Crippen LogP contribution in [0, 0.1) is 6.92 Å². The molecule has 1 N–H and O–H groups in total. The van der Waals surface area contributed by atoms with Crippen LogP contribution >= 0.6 is 0 Å². The summed E-state index contributed by atoms with van der Waals surface area (Å²) in [7, 11) is 0. The molecule has 0 radical (unpaired) electrons. The van der Waals surface area contributed by atoms with Gasteiger partial charge in [0.15, 0.2) is 5.82 Å². The van der Waals surface area contributed by atoms with Crippen molar-refractivity contribution in [3.05, 3.63) is 53.7 Å². The number of carbonyl (C=O) groups excluding carboxylic acids is 2. The first-order valence-corrected chi connectivity index (χ1v) is 9.22. The lowest BCUT2D eigenvalue weighted by Crippen LogP contribution is -2.51. The van der Waals surface area contributed by atoms with E-state index in [0.29, 0.717) is 23.0 Å². The first-order valence-electron chi connectivity index (χ1n) is 9.22. The van der Waals surface area contributed by atoms with Gasteiger partial charge >= 0.3 is 0 Å². The third kappa shape index (κ3) is 3.03. The van der Waals surface area contributed by atoms with Crippen molar-refractivity contribution in [1.82, 2.24) is 20.4 Å². The zero-order chi connectivity index (χ0) is 19.0. The van der Waals surface area contributed by atoms with Gasteiger partial charge in [-0.1, -0.05) is 49.2 Å². The fourth-order valence-electron chi connectivity index (χ4n) is 4.01. The average Bonchev–Trinajstić information content (AvgIpc) is 3.21. The van der Waals surface area contributed by atoms with Crippen LogP contribution in [0.15, 0.2) is 35.4 Å². The molecule has 0 bridgehead atoms. The van der Waals surface area contributed by atoms with Crippen molar-refractivity contribution in [2.75, 3.05) is 6.54 Å². The molecule has 7 nitrogen and oxygen atoms in total. The normalized spacial score (nSPS) is 18.5. The summed E-state index contributed by atoms with van der Waals surface area (Å²) in [4.78, 5) is 31.3. The number of carbonyl (C=O) groups is 2. The topological polar surface area (TPSA) is 88.3 Å². The minimum Gasteiger partial charge on any atom is -0.342 e. The zero-order valence-corrected chi connectivity index (χ0v) is 15.3. The lowest BCUT2D eigenvalue weighted by atomic mass is 9.81. The fraction of sp³-hybridized carbons (Fsp3) is 0.400. The Kier molecular flexibility index (Phi) is 4.30. The SMILES string of the molecule is C=C1c2ccccc2C(=O)N1CC(=O)NC1(c2noc(C)n2)CCCCC1.